The first-order valence-corrected chi connectivity index (χ1v) is 8.34. The second-order valence-corrected chi connectivity index (χ2v) is 7.19. The Hall–Kier alpha value is -1.72. The zero-order valence-electron chi connectivity index (χ0n) is 12.7. The normalized spacial score (nSPS) is 17.5. The third kappa shape index (κ3) is 3.05. The lowest BCUT2D eigenvalue weighted by Gasteiger charge is -2.37. The van der Waals surface area contributed by atoms with Crippen LogP contribution in [0, 0.1) is 5.41 Å². The highest BCUT2D eigenvalue weighted by Gasteiger charge is 2.32. The molecule has 1 N–H and O–H groups in total. The molecule has 2 aromatic rings. The summed E-state index contributed by atoms with van der Waals surface area (Å²) in [6.45, 7) is 3.67. The number of piperidine rings is 1. The highest BCUT2D eigenvalue weighted by molar-refractivity contribution is 7.16. The minimum atomic E-state index is -0.0420. The average Bonchev–Trinajstić information content (AvgIpc) is 3.06. The van der Waals surface area contributed by atoms with Gasteiger partial charge in [-0.1, -0.05) is 37.3 Å². The number of likely N-dealkylation sites (tertiary alicyclic amines) is 1. The van der Waals surface area contributed by atoms with Crippen LogP contribution in [0.15, 0.2) is 36.5 Å². The molecule has 1 fully saturated rings. The number of amides is 1. The van der Waals surface area contributed by atoms with Crippen LogP contribution >= 0.6 is 11.3 Å². The zero-order chi connectivity index (χ0) is 15.6. The summed E-state index contributed by atoms with van der Waals surface area (Å²) < 4.78 is 0. The quantitative estimate of drug-likeness (QED) is 0.947. The van der Waals surface area contributed by atoms with Crippen LogP contribution in [0.1, 0.15) is 29.4 Å². The Labute approximate surface area is 134 Å². The van der Waals surface area contributed by atoms with Gasteiger partial charge in [0.1, 0.15) is 9.88 Å². The molecular formula is C17H20N2O2S. The van der Waals surface area contributed by atoms with Crippen LogP contribution in [0.25, 0.3) is 10.6 Å². The highest BCUT2D eigenvalue weighted by Crippen LogP contribution is 2.32. The van der Waals surface area contributed by atoms with E-state index in [4.69, 9.17) is 0 Å². The van der Waals surface area contributed by atoms with Crippen molar-refractivity contribution >= 4 is 17.2 Å². The van der Waals surface area contributed by atoms with Crippen molar-refractivity contribution in [3.05, 3.63) is 41.4 Å². The molecule has 1 aromatic carbocycles. The monoisotopic (exact) mass is 316 g/mol. The molecule has 1 aliphatic heterocycles. The van der Waals surface area contributed by atoms with Gasteiger partial charge in [-0.05, 0) is 18.3 Å². The predicted molar refractivity (Wildman–Crippen MR) is 87.9 cm³/mol. The fourth-order valence-electron chi connectivity index (χ4n) is 2.65. The first-order chi connectivity index (χ1) is 10.6. The van der Waals surface area contributed by atoms with Crippen LogP contribution in [0.3, 0.4) is 0 Å². The molecule has 22 heavy (non-hydrogen) atoms. The van der Waals surface area contributed by atoms with E-state index in [1.807, 2.05) is 35.2 Å². The lowest BCUT2D eigenvalue weighted by Crippen LogP contribution is -2.43. The maximum absolute atomic E-state index is 12.6. The molecular weight excluding hydrogens is 296 g/mol. The lowest BCUT2D eigenvalue weighted by atomic mass is 9.81. The molecule has 0 saturated carbocycles. The molecule has 0 atom stereocenters. The second-order valence-electron chi connectivity index (χ2n) is 6.16. The van der Waals surface area contributed by atoms with E-state index < -0.39 is 0 Å². The fourth-order valence-corrected chi connectivity index (χ4v) is 3.54. The standard InChI is InChI=1S/C17H20N2O2S/c1-17(12-20)7-9-19(10-8-17)16(21)14-11-18-15(22-14)13-5-3-2-4-6-13/h2-6,11,20H,7-10,12H2,1H3. The van der Waals surface area contributed by atoms with Crippen LogP contribution in [-0.2, 0) is 0 Å². The minimum Gasteiger partial charge on any atom is -0.396 e. The van der Waals surface area contributed by atoms with Gasteiger partial charge in [0.25, 0.3) is 5.91 Å². The van der Waals surface area contributed by atoms with Gasteiger partial charge in [0.05, 0.1) is 6.20 Å². The van der Waals surface area contributed by atoms with Crippen LogP contribution in [0.5, 0.6) is 0 Å². The van der Waals surface area contributed by atoms with Crippen molar-refractivity contribution in [1.29, 1.82) is 0 Å². The Morgan fingerprint density at radius 2 is 2.00 bits per heavy atom. The molecule has 0 aliphatic carbocycles. The Balaban J connectivity index is 1.70. The van der Waals surface area contributed by atoms with Crippen molar-refractivity contribution in [3.8, 4) is 10.6 Å². The number of hydrogen-bond acceptors (Lipinski definition) is 4. The van der Waals surface area contributed by atoms with Gasteiger partial charge >= 0.3 is 0 Å². The number of benzene rings is 1. The van der Waals surface area contributed by atoms with Crippen molar-refractivity contribution in [1.82, 2.24) is 9.88 Å². The van der Waals surface area contributed by atoms with E-state index in [1.165, 1.54) is 11.3 Å². The Bertz CT molecular complexity index is 646. The molecule has 0 spiro atoms. The summed E-state index contributed by atoms with van der Waals surface area (Å²) in [7, 11) is 0. The maximum Gasteiger partial charge on any atom is 0.265 e. The molecule has 2 heterocycles. The fraction of sp³-hybridized carbons (Fsp3) is 0.412. The van der Waals surface area contributed by atoms with Crippen molar-refractivity contribution in [2.24, 2.45) is 5.41 Å². The van der Waals surface area contributed by atoms with Gasteiger partial charge in [-0.15, -0.1) is 11.3 Å². The highest BCUT2D eigenvalue weighted by atomic mass is 32.1. The molecule has 4 nitrogen and oxygen atoms in total. The van der Waals surface area contributed by atoms with E-state index in [0.717, 1.165) is 23.4 Å². The molecule has 0 unspecified atom stereocenters. The number of aromatic nitrogens is 1. The molecule has 1 aromatic heterocycles. The van der Waals surface area contributed by atoms with Crippen LogP contribution in [0.4, 0.5) is 0 Å². The molecule has 3 rings (SSSR count). The third-order valence-electron chi connectivity index (χ3n) is 4.38. The zero-order valence-corrected chi connectivity index (χ0v) is 13.5. The summed E-state index contributed by atoms with van der Waals surface area (Å²) in [4.78, 5) is 19.5. The number of aliphatic hydroxyl groups is 1. The second kappa shape index (κ2) is 6.18. The Morgan fingerprint density at radius 1 is 1.32 bits per heavy atom. The lowest BCUT2D eigenvalue weighted by molar-refractivity contribution is 0.0443. The SMILES string of the molecule is CC1(CO)CCN(C(=O)c2cnc(-c3ccccc3)s2)CC1. The van der Waals surface area contributed by atoms with Gasteiger partial charge in [0.15, 0.2) is 0 Å². The Kier molecular flexibility index (Phi) is 4.27. The van der Waals surface area contributed by atoms with E-state index in [0.29, 0.717) is 18.0 Å². The summed E-state index contributed by atoms with van der Waals surface area (Å²) in [5.41, 5.74) is 0.998. The summed E-state index contributed by atoms with van der Waals surface area (Å²) in [5.74, 6) is 0.0553. The number of hydrogen-bond donors (Lipinski definition) is 1. The summed E-state index contributed by atoms with van der Waals surface area (Å²) in [6.07, 6.45) is 3.37. The van der Waals surface area contributed by atoms with Gasteiger partial charge in [-0.3, -0.25) is 4.79 Å². The van der Waals surface area contributed by atoms with Crippen molar-refractivity contribution in [3.63, 3.8) is 0 Å². The molecule has 1 amide bonds. The third-order valence-corrected chi connectivity index (χ3v) is 5.41. The number of nitrogens with zero attached hydrogens (tertiary/aromatic N) is 2. The molecule has 1 saturated heterocycles. The maximum atomic E-state index is 12.6. The van der Waals surface area contributed by atoms with Crippen molar-refractivity contribution in [2.45, 2.75) is 19.8 Å². The van der Waals surface area contributed by atoms with E-state index in [1.54, 1.807) is 6.20 Å². The van der Waals surface area contributed by atoms with E-state index in [2.05, 4.69) is 11.9 Å². The number of thiazole rings is 1. The van der Waals surface area contributed by atoms with Gasteiger partial charge < -0.3 is 10.0 Å². The summed E-state index contributed by atoms with van der Waals surface area (Å²) in [5, 5.41) is 10.3. The first kappa shape index (κ1) is 15.2. The van der Waals surface area contributed by atoms with Gasteiger partial charge in [0, 0.05) is 25.3 Å². The topological polar surface area (TPSA) is 53.4 Å². The number of carbonyl (C=O) groups is 1. The van der Waals surface area contributed by atoms with Crippen molar-refractivity contribution in [2.75, 3.05) is 19.7 Å². The smallest absolute Gasteiger partial charge is 0.265 e. The summed E-state index contributed by atoms with van der Waals surface area (Å²) in [6, 6.07) is 9.91. The van der Waals surface area contributed by atoms with Crippen molar-refractivity contribution < 1.29 is 9.90 Å². The average molecular weight is 316 g/mol. The molecule has 1 aliphatic rings. The van der Waals surface area contributed by atoms with Gasteiger partial charge in [0.2, 0.25) is 0 Å². The Morgan fingerprint density at radius 3 is 2.64 bits per heavy atom. The molecule has 116 valence electrons. The first-order valence-electron chi connectivity index (χ1n) is 7.53. The van der Waals surface area contributed by atoms with Gasteiger partial charge in [-0.2, -0.15) is 0 Å². The number of carbonyl (C=O) groups excluding carboxylic acids is 1. The van der Waals surface area contributed by atoms with E-state index >= 15 is 0 Å². The number of aliphatic hydroxyl groups excluding tert-OH is 1. The van der Waals surface area contributed by atoms with E-state index in [9.17, 15) is 9.90 Å². The van der Waals surface area contributed by atoms with Crippen LogP contribution in [0.2, 0.25) is 0 Å². The molecule has 0 bridgehead atoms. The summed E-state index contributed by atoms with van der Waals surface area (Å²) >= 11 is 1.44. The molecule has 0 radical (unpaired) electrons. The molecule has 5 heteroatoms. The van der Waals surface area contributed by atoms with Crippen LogP contribution in [-0.4, -0.2) is 40.6 Å². The predicted octanol–water partition coefficient (Wildman–Crippen LogP) is 3.04. The largest absolute Gasteiger partial charge is 0.396 e. The number of rotatable bonds is 3. The van der Waals surface area contributed by atoms with Gasteiger partial charge in [-0.25, -0.2) is 4.98 Å². The minimum absolute atomic E-state index is 0.0420. The van der Waals surface area contributed by atoms with E-state index in [-0.39, 0.29) is 17.9 Å². The van der Waals surface area contributed by atoms with Crippen LogP contribution < -0.4 is 0 Å².